The van der Waals surface area contributed by atoms with Crippen LogP contribution in [0, 0.1) is 55.4 Å². The van der Waals surface area contributed by atoms with Crippen LogP contribution in [-0.4, -0.2) is 0 Å². The summed E-state index contributed by atoms with van der Waals surface area (Å²) in [7, 11) is 0. The lowest BCUT2D eigenvalue weighted by Crippen LogP contribution is -2.40. The van der Waals surface area contributed by atoms with E-state index in [0.717, 1.165) is 0 Å². The molecule has 2 N–H and O–H groups in total. The van der Waals surface area contributed by atoms with E-state index in [-0.39, 0.29) is 24.2 Å². The normalized spacial score (nSPS) is 12.8. The molecule has 2 heteroatoms. The maximum Gasteiger partial charge on any atom is 0.0587 e. The topological polar surface area (TPSA) is 24.1 Å². The third kappa shape index (κ3) is 7.83. The van der Waals surface area contributed by atoms with Gasteiger partial charge in [0.1, 0.15) is 0 Å². The summed E-state index contributed by atoms with van der Waals surface area (Å²) in [5.41, 5.74) is 17.9. The van der Waals surface area contributed by atoms with Crippen LogP contribution in [0.5, 0.6) is 0 Å². The van der Waals surface area contributed by atoms with Crippen LogP contribution in [0.15, 0.2) is 133 Å². The van der Waals surface area contributed by atoms with E-state index in [1.165, 1.54) is 77.9 Å². The fourth-order valence-electron chi connectivity index (χ4n) is 7.43. The first-order valence-electron chi connectivity index (χ1n) is 18.0. The standard InChI is InChI=1S/C48H52N2/c1-31-19-23-35(5)41(27-31)47(42-28-32(2)20-24-36(42)6)49-45(39-15-11-9-12-16-39)46(40-17-13-10-14-18-40)50-48(43-29-33(3)21-25-37(43)7)44-30-34(4)22-26-38(44)8/h9-30,45-50H,1-8H3/t45-,46-/m0/s1. The first kappa shape index (κ1) is 35.1. The number of hydrogen-bond donors (Lipinski definition) is 2. The van der Waals surface area contributed by atoms with Gasteiger partial charge in [0.05, 0.1) is 24.2 Å². The average Bonchev–Trinajstić information content (AvgIpc) is 3.12. The van der Waals surface area contributed by atoms with E-state index in [4.69, 9.17) is 0 Å². The Hall–Kier alpha value is -4.76. The molecule has 6 aromatic rings. The maximum absolute atomic E-state index is 4.34. The molecule has 0 aliphatic carbocycles. The molecule has 0 saturated carbocycles. The summed E-state index contributed by atoms with van der Waals surface area (Å²) in [6.07, 6.45) is 0. The lowest BCUT2D eigenvalue weighted by Gasteiger charge is -2.38. The second kappa shape index (κ2) is 15.4. The number of rotatable bonds is 11. The van der Waals surface area contributed by atoms with Crippen molar-refractivity contribution < 1.29 is 0 Å². The monoisotopic (exact) mass is 656 g/mol. The molecule has 2 nitrogen and oxygen atoms in total. The number of aryl methyl sites for hydroxylation is 8. The van der Waals surface area contributed by atoms with Crippen molar-refractivity contribution in [3.8, 4) is 0 Å². The zero-order valence-corrected chi connectivity index (χ0v) is 31.0. The molecule has 0 spiro atoms. The van der Waals surface area contributed by atoms with Gasteiger partial charge in [-0.1, -0.05) is 156 Å². The molecule has 254 valence electrons. The summed E-state index contributed by atoms with van der Waals surface area (Å²) >= 11 is 0. The molecule has 0 saturated heterocycles. The molecule has 0 amide bonds. The summed E-state index contributed by atoms with van der Waals surface area (Å²) in [6, 6.07) is 49.3. The van der Waals surface area contributed by atoms with Crippen LogP contribution in [0.25, 0.3) is 0 Å². The van der Waals surface area contributed by atoms with Crippen molar-refractivity contribution in [1.82, 2.24) is 10.6 Å². The highest BCUT2D eigenvalue weighted by molar-refractivity contribution is 5.46. The molecule has 0 radical (unpaired) electrons. The zero-order valence-electron chi connectivity index (χ0n) is 31.0. The van der Waals surface area contributed by atoms with Crippen molar-refractivity contribution in [2.24, 2.45) is 0 Å². The second-order valence-corrected chi connectivity index (χ2v) is 14.4. The highest BCUT2D eigenvalue weighted by atomic mass is 15.1. The van der Waals surface area contributed by atoms with Gasteiger partial charge in [-0.05, 0) is 111 Å². The number of hydrogen-bond acceptors (Lipinski definition) is 2. The average molecular weight is 657 g/mol. The van der Waals surface area contributed by atoms with Crippen LogP contribution in [0.4, 0.5) is 0 Å². The van der Waals surface area contributed by atoms with Gasteiger partial charge in [-0.25, -0.2) is 0 Å². The highest BCUT2D eigenvalue weighted by Gasteiger charge is 2.33. The van der Waals surface area contributed by atoms with E-state index in [1.807, 2.05) is 0 Å². The lowest BCUT2D eigenvalue weighted by molar-refractivity contribution is 0.345. The first-order chi connectivity index (χ1) is 24.1. The zero-order chi connectivity index (χ0) is 35.4. The van der Waals surface area contributed by atoms with E-state index in [9.17, 15) is 0 Å². The van der Waals surface area contributed by atoms with E-state index in [2.05, 4.69) is 199 Å². The lowest BCUT2D eigenvalue weighted by atomic mass is 9.85. The molecular formula is C48H52N2. The summed E-state index contributed by atoms with van der Waals surface area (Å²) in [5, 5.41) is 8.67. The van der Waals surface area contributed by atoms with Crippen LogP contribution >= 0.6 is 0 Å². The van der Waals surface area contributed by atoms with Crippen LogP contribution in [0.2, 0.25) is 0 Å². The van der Waals surface area contributed by atoms with Gasteiger partial charge in [0.15, 0.2) is 0 Å². The van der Waals surface area contributed by atoms with Gasteiger partial charge in [0.25, 0.3) is 0 Å². The van der Waals surface area contributed by atoms with Crippen LogP contribution in [0.1, 0.15) is 102 Å². The Morgan fingerprint density at radius 1 is 0.320 bits per heavy atom. The Morgan fingerprint density at radius 2 is 0.580 bits per heavy atom. The SMILES string of the molecule is Cc1ccc(C)c(C(N[C@@H](c2ccccc2)[C@@H](NC(c2cc(C)ccc2C)c2cc(C)ccc2C)c2ccccc2)c2cc(C)ccc2C)c1. The van der Waals surface area contributed by atoms with Gasteiger partial charge < -0.3 is 0 Å². The minimum absolute atomic E-state index is 0.0344. The smallest absolute Gasteiger partial charge is 0.0587 e. The molecule has 0 heterocycles. The van der Waals surface area contributed by atoms with Crippen LogP contribution in [0.3, 0.4) is 0 Å². The van der Waals surface area contributed by atoms with Crippen molar-refractivity contribution in [3.63, 3.8) is 0 Å². The molecule has 0 aliphatic heterocycles. The fourth-order valence-corrected chi connectivity index (χ4v) is 7.43. The van der Waals surface area contributed by atoms with E-state index >= 15 is 0 Å². The molecule has 0 aliphatic rings. The number of benzene rings is 6. The molecular weight excluding hydrogens is 605 g/mol. The third-order valence-corrected chi connectivity index (χ3v) is 10.3. The maximum atomic E-state index is 4.34. The van der Waals surface area contributed by atoms with Gasteiger partial charge in [-0.3, -0.25) is 10.6 Å². The van der Waals surface area contributed by atoms with Gasteiger partial charge in [0.2, 0.25) is 0 Å². The quantitative estimate of drug-likeness (QED) is 0.145. The van der Waals surface area contributed by atoms with Gasteiger partial charge in [-0.2, -0.15) is 0 Å². The molecule has 2 atom stereocenters. The van der Waals surface area contributed by atoms with Crippen LogP contribution < -0.4 is 10.6 Å². The van der Waals surface area contributed by atoms with Gasteiger partial charge in [0, 0.05) is 0 Å². The van der Waals surface area contributed by atoms with Gasteiger partial charge in [-0.15, -0.1) is 0 Å². The van der Waals surface area contributed by atoms with E-state index < -0.39 is 0 Å². The predicted octanol–water partition coefficient (Wildman–Crippen LogP) is 11.7. The van der Waals surface area contributed by atoms with Crippen LogP contribution in [-0.2, 0) is 0 Å². The fraction of sp³-hybridized carbons (Fsp3) is 0.250. The molecule has 0 bridgehead atoms. The van der Waals surface area contributed by atoms with Crippen molar-refractivity contribution >= 4 is 0 Å². The Kier molecular flexibility index (Phi) is 10.8. The molecule has 0 unspecified atom stereocenters. The second-order valence-electron chi connectivity index (χ2n) is 14.4. The van der Waals surface area contributed by atoms with Crippen molar-refractivity contribution in [2.45, 2.75) is 79.6 Å². The molecule has 6 aromatic carbocycles. The predicted molar refractivity (Wildman–Crippen MR) is 212 cm³/mol. The molecule has 0 aromatic heterocycles. The van der Waals surface area contributed by atoms with Crippen molar-refractivity contribution in [1.29, 1.82) is 0 Å². The first-order valence-corrected chi connectivity index (χ1v) is 18.0. The van der Waals surface area contributed by atoms with E-state index in [0.29, 0.717) is 0 Å². The summed E-state index contributed by atoms with van der Waals surface area (Å²) < 4.78 is 0. The summed E-state index contributed by atoms with van der Waals surface area (Å²) in [4.78, 5) is 0. The Morgan fingerprint density at radius 3 is 0.840 bits per heavy atom. The largest absolute Gasteiger partial charge is 0.298 e. The van der Waals surface area contributed by atoms with Crippen molar-refractivity contribution in [3.05, 3.63) is 211 Å². The molecule has 6 rings (SSSR count). The Bertz CT molecular complexity index is 1810. The third-order valence-electron chi connectivity index (χ3n) is 10.3. The molecule has 0 fully saturated rings. The van der Waals surface area contributed by atoms with Gasteiger partial charge >= 0.3 is 0 Å². The molecule has 50 heavy (non-hydrogen) atoms. The van der Waals surface area contributed by atoms with Crippen molar-refractivity contribution in [2.75, 3.05) is 0 Å². The van der Waals surface area contributed by atoms with E-state index in [1.54, 1.807) is 0 Å². The number of nitrogens with one attached hydrogen (secondary N) is 2. The summed E-state index contributed by atoms with van der Waals surface area (Å²) in [5.74, 6) is 0. The summed E-state index contributed by atoms with van der Waals surface area (Å²) in [6.45, 7) is 17.8. The Labute approximate surface area is 300 Å². The minimum atomic E-state index is -0.0823. The Balaban J connectivity index is 1.59. The highest BCUT2D eigenvalue weighted by Crippen LogP contribution is 2.39. The minimum Gasteiger partial charge on any atom is -0.298 e.